The van der Waals surface area contributed by atoms with Gasteiger partial charge in [-0.2, -0.15) is 4.31 Å². The zero-order valence-corrected chi connectivity index (χ0v) is 22.3. The van der Waals surface area contributed by atoms with Crippen molar-refractivity contribution in [3.63, 3.8) is 0 Å². The molecular weight excluding hydrogens is 474 g/mol. The van der Waals surface area contributed by atoms with Gasteiger partial charge in [0, 0.05) is 33.1 Å². The molecule has 4 rings (SSSR count). The van der Waals surface area contributed by atoms with E-state index in [0.29, 0.717) is 12.5 Å². The molecule has 1 aliphatic heterocycles. The lowest BCUT2D eigenvalue weighted by Gasteiger charge is -2.39. The summed E-state index contributed by atoms with van der Waals surface area (Å²) < 4.78 is 28.3. The lowest BCUT2D eigenvalue weighted by Crippen LogP contribution is -2.61. The van der Waals surface area contributed by atoms with Gasteiger partial charge in [-0.3, -0.25) is 9.59 Å². The van der Waals surface area contributed by atoms with Crippen molar-refractivity contribution < 1.29 is 18.0 Å². The van der Waals surface area contributed by atoms with Gasteiger partial charge in [-0.1, -0.05) is 63.1 Å². The van der Waals surface area contributed by atoms with E-state index in [1.54, 1.807) is 12.1 Å². The third kappa shape index (κ3) is 5.81. The second kappa shape index (κ2) is 11.1. The van der Waals surface area contributed by atoms with E-state index >= 15 is 0 Å². The molecule has 1 saturated heterocycles. The summed E-state index contributed by atoms with van der Waals surface area (Å²) in [5.41, 5.74) is 3.35. The molecule has 0 spiro atoms. The number of nitrogens with zero attached hydrogens (tertiary/aromatic N) is 2. The van der Waals surface area contributed by atoms with Crippen molar-refractivity contribution in [2.45, 2.75) is 75.8 Å². The van der Waals surface area contributed by atoms with Crippen molar-refractivity contribution in [1.29, 1.82) is 0 Å². The van der Waals surface area contributed by atoms with Crippen LogP contribution in [0, 0.1) is 0 Å². The number of hydrogen-bond donors (Lipinski definition) is 1. The predicted molar refractivity (Wildman–Crippen MR) is 140 cm³/mol. The third-order valence-electron chi connectivity index (χ3n) is 7.51. The van der Waals surface area contributed by atoms with E-state index in [1.807, 2.05) is 38.1 Å². The zero-order chi connectivity index (χ0) is 25.9. The summed E-state index contributed by atoms with van der Waals surface area (Å²) in [5, 5.41) is 2.91. The van der Waals surface area contributed by atoms with Gasteiger partial charge in [-0.15, -0.1) is 0 Å². The number of carbonyl (C=O) groups excluding carboxylic acids is 2. The standard InChI is InChI=1S/C28H37N3O4S/c1-20(2)23-12-14-26(15-13-23)36(34,35)31-17-16-30(21(3)32)19-27(31)28(33)29-18-22-8-10-25(11-9-22)24-6-4-5-7-24/h8-15,20,24,27H,4-7,16-19H2,1-3H3,(H,29,33). The normalized spacial score (nSPS) is 19.6. The quantitative estimate of drug-likeness (QED) is 0.609. The van der Waals surface area contributed by atoms with Crippen molar-refractivity contribution in [3.05, 3.63) is 65.2 Å². The monoisotopic (exact) mass is 511 g/mol. The Bertz CT molecular complexity index is 1170. The van der Waals surface area contributed by atoms with Crippen LogP contribution in [0.4, 0.5) is 0 Å². The minimum absolute atomic E-state index is 0.0328. The van der Waals surface area contributed by atoms with Gasteiger partial charge < -0.3 is 10.2 Å². The molecule has 36 heavy (non-hydrogen) atoms. The Morgan fingerprint density at radius 3 is 2.19 bits per heavy atom. The van der Waals surface area contributed by atoms with E-state index in [1.165, 1.54) is 47.4 Å². The number of rotatable bonds is 7. The zero-order valence-electron chi connectivity index (χ0n) is 21.4. The number of sulfonamides is 1. The van der Waals surface area contributed by atoms with Gasteiger partial charge in [0.2, 0.25) is 21.8 Å². The van der Waals surface area contributed by atoms with Gasteiger partial charge in [0.1, 0.15) is 6.04 Å². The molecule has 1 heterocycles. The van der Waals surface area contributed by atoms with Crippen LogP contribution in [0.3, 0.4) is 0 Å². The number of amides is 2. The van der Waals surface area contributed by atoms with E-state index in [0.717, 1.165) is 11.1 Å². The van der Waals surface area contributed by atoms with Crippen molar-refractivity contribution >= 4 is 21.8 Å². The van der Waals surface area contributed by atoms with E-state index in [2.05, 4.69) is 17.4 Å². The van der Waals surface area contributed by atoms with Crippen LogP contribution in [-0.2, 0) is 26.2 Å². The topological polar surface area (TPSA) is 86.8 Å². The first-order valence-electron chi connectivity index (χ1n) is 12.9. The largest absolute Gasteiger partial charge is 0.351 e. The second-order valence-electron chi connectivity index (χ2n) is 10.3. The molecule has 2 amide bonds. The van der Waals surface area contributed by atoms with Crippen LogP contribution < -0.4 is 5.32 Å². The van der Waals surface area contributed by atoms with E-state index in [-0.39, 0.29) is 36.4 Å². The van der Waals surface area contributed by atoms with Crippen LogP contribution in [0.15, 0.2) is 53.4 Å². The summed E-state index contributed by atoms with van der Waals surface area (Å²) in [6.45, 7) is 6.20. The smallest absolute Gasteiger partial charge is 0.243 e. The lowest BCUT2D eigenvalue weighted by atomic mass is 9.97. The molecular formula is C28H37N3O4S. The van der Waals surface area contributed by atoms with Gasteiger partial charge in [0.25, 0.3) is 0 Å². The van der Waals surface area contributed by atoms with Crippen molar-refractivity contribution in [2.75, 3.05) is 19.6 Å². The number of carbonyl (C=O) groups is 2. The maximum Gasteiger partial charge on any atom is 0.243 e. The summed E-state index contributed by atoms with van der Waals surface area (Å²) in [6, 6.07) is 14.2. The molecule has 2 aliphatic rings. The third-order valence-corrected chi connectivity index (χ3v) is 9.43. The highest BCUT2D eigenvalue weighted by Crippen LogP contribution is 2.34. The number of nitrogens with one attached hydrogen (secondary N) is 1. The van der Waals surface area contributed by atoms with E-state index in [4.69, 9.17) is 0 Å². The van der Waals surface area contributed by atoms with Crippen LogP contribution in [-0.4, -0.2) is 55.1 Å². The molecule has 1 atom stereocenters. The first-order chi connectivity index (χ1) is 17.2. The fourth-order valence-corrected chi connectivity index (χ4v) is 6.76. The van der Waals surface area contributed by atoms with Gasteiger partial charge in [-0.05, 0) is 53.5 Å². The molecule has 2 fully saturated rings. The highest BCUT2D eigenvalue weighted by atomic mass is 32.2. The molecule has 1 saturated carbocycles. The van der Waals surface area contributed by atoms with E-state index < -0.39 is 22.0 Å². The lowest BCUT2D eigenvalue weighted by molar-refractivity contribution is -0.134. The van der Waals surface area contributed by atoms with Gasteiger partial charge in [0.15, 0.2) is 0 Å². The maximum absolute atomic E-state index is 13.5. The molecule has 2 aromatic carbocycles. The average molecular weight is 512 g/mol. The Morgan fingerprint density at radius 2 is 1.61 bits per heavy atom. The van der Waals surface area contributed by atoms with Crippen LogP contribution in [0.25, 0.3) is 0 Å². The molecule has 194 valence electrons. The Kier molecular flexibility index (Phi) is 8.15. The molecule has 1 aliphatic carbocycles. The Labute approximate surface area is 214 Å². The minimum atomic E-state index is -3.91. The molecule has 0 aromatic heterocycles. The molecule has 0 radical (unpaired) electrons. The Morgan fingerprint density at radius 1 is 0.972 bits per heavy atom. The summed E-state index contributed by atoms with van der Waals surface area (Å²) >= 11 is 0. The first kappa shape index (κ1) is 26.4. The maximum atomic E-state index is 13.5. The van der Waals surface area contributed by atoms with Crippen LogP contribution in [0.5, 0.6) is 0 Å². The minimum Gasteiger partial charge on any atom is -0.351 e. The summed E-state index contributed by atoms with van der Waals surface area (Å²) in [7, 11) is -3.91. The fourth-order valence-electron chi connectivity index (χ4n) is 5.19. The second-order valence-corrected chi connectivity index (χ2v) is 12.2. The van der Waals surface area contributed by atoms with Gasteiger partial charge in [-0.25, -0.2) is 8.42 Å². The van der Waals surface area contributed by atoms with Gasteiger partial charge >= 0.3 is 0 Å². The highest BCUT2D eigenvalue weighted by Gasteiger charge is 2.40. The Hall–Kier alpha value is -2.71. The van der Waals surface area contributed by atoms with Crippen LogP contribution in [0.2, 0.25) is 0 Å². The van der Waals surface area contributed by atoms with Crippen LogP contribution in [0.1, 0.15) is 75.0 Å². The first-order valence-corrected chi connectivity index (χ1v) is 14.3. The van der Waals surface area contributed by atoms with Crippen molar-refractivity contribution in [1.82, 2.24) is 14.5 Å². The number of hydrogen-bond acceptors (Lipinski definition) is 4. The number of piperazine rings is 1. The Balaban J connectivity index is 1.49. The van der Waals surface area contributed by atoms with Crippen molar-refractivity contribution in [2.24, 2.45) is 0 Å². The predicted octanol–water partition coefficient (Wildman–Crippen LogP) is 4.01. The number of benzene rings is 2. The van der Waals surface area contributed by atoms with Crippen LogP contribution >= 0.6 is 0 Å². The summed E-state index contributed by atoms with van der Waals surface area (Å²) in [4.78, 5) is 27.0. The average Bonchev–Trinajstić information content (AvgIpc) is 3.42. The van der Waals surface area contributed by atoms with Crippen molar-refractivity contribution in [3.8, 4) is 0 Å². The molecule has 8 heteroatoms. The molecule has 1 N–H and O–H groups in total. The summed E-state index contributed by atoms with van der Waals surface area (Å²) in [5.74, 6) is 0.338. The SMILES string of the molecule is CC(=O)N1CCN(S(=O)(=O)c2ccc(C(C)C)cc2)C(C(=O)NCc2ccc(C3CCCC3)cc2)C1. The fraction of sp³-hybridized carbons (Fsp3) is 0.500. The molecule has 1 unspecified atom stereocenters. The highest BCUT2D eigenvalue weighted by molar-refractivity contribution is 7.89. The molecule has 2 aromatic rings. The van der Waals surface area contributed by atoms with Gasteiger partial charge in [0.05, 0.1) is 4.90 Å². The molecule has 7 nitrogen and oxygen atoms in total. The van der Waals surface area contributed by atoms with E-state index in [9.17, 15) is 18.0 Å². The summed E-state index contributed by atoms with van der Waals surface area (Å²) in [6.07, 6.45) is 5.02. The molecule has 0 bridgehead atoms.